The number of hydrogen-bond donors (Lipinski definition) is 1. The van der Waals surface area contributed by atoms with Crippen molar-refractivity contribution < 1.29 is 17.6 Å². The van der Waals surface area contributed by atoms with Crippen molar-refractivity contribution in [3.8, 4) is 0 Å². The standard InChI is InChI=1S/C19H22ClFN2O3S/c1-3-14(2)22-19(24)13-23(12-15-6-4-5-7-18(15)21)27(25,26)17-10-8-16(20)9-11-17/h4-11,14H,3,12-13H2,1-2H3,(H,22,24)/t14-/m0/s1. The molecule has 8 heteroatoms. The van der Waals surface area contributed by atoms with Gasteiger partial charge in [0.1, 0.15) is 5.82 Å². The van der Waals surface area contributed by atoms with Crippen LogP contribution in [-0.4, -0.2) is 31.2 Å². The van der Waals surface area contributed by atoms with Gasteiger partial charge in [0.15, 0.2) is 0 Å². The minimum absolute atomic E-state index is 0.0143. The minimum atomic E-state index is -4.02. The van der Waals surface area contributed by atoms with Gasteiger partial charge in [-0.25, -0.2) is 12.8 Å². The summed E-state index contributed by atoms with van der Waals surface area (Å²) in [5, 5.41) is 3.13. The van der Waals surface area contributed by atoms with Gasteiger partial charge in [-0.3, -0.25) is 4.79 Å². The smallest absolute Gasteiger partial charge is 0.243 e. The average molecular weight is 413 g/mol. The number of sulfonamides is 1. The average Bonchev–Trinajstić information content (AvgIpc) is 2.63. The van der Waals surface area contributed by atoms with Crippen molar-refractivity contribution in [3.05, 3.63) is 64.9 Å². The van der Waals surface area contributed by atoms with Gasteiger partial charge < -0.3 is 5.32 Å². The molecule has 0 fully saturated rings. The van der Waals surface area contributed by atoms with Crippen LogP contribution in [-0.2, 0) is 21.4 Å². The molecule has 0 unspecified atom stereocenters. The van der Waals surface area contributed by atoms with Gasteiger partial charge in [-0.15, -0.1) is 0 Å². The molecule has 0 saturated heterocycles. The Balaban J connectivity index is 2.34. The van der Waals surface area contributed by atoms with E-state index in [0.717, 1.165) is 4.31 Å². The lowest BCUT2D eigenvalue weighted by atomic mass is 10.2. The summed E-state index contributed by atoms with van der Waals surface area (Å²) in [6, 6.07) is 11.4. The Morgan fingerprint density at radius 2 is 1.81 bits per heavy atom. The van der Waals surface area contributed by atoms with Crippen LogP contribution in [0.15, 0.2) is 53.4 Å². The second-order valence-electron chi connectivity index (χ2n) is 6.20. The largest absolute Gasteiger partial charge is 0.353 e. The zero-order valence-electron chi connectivity index (χ0n) is 15.2. The monoisotopic (exact) mass is 412 g/mol. The van der Waals surface area contributed by atoms with Gasteiger partial charge in [0.25, 0.3) is 0 Å². The van der Waals surface area contributed by atoms with Crippen LogP contribution in [0.4, 0.5) is 4.39 Å². The number of nitrogens with one attached hydrogen (secondary N) is 1. The number of rotatable bonds is 8. The Morgan fingerprint density at radius 1 is 1.19 bits per heavy atom. The molecule has 0 aromatic heterocycles. The lowest BCUT2D eigenvalue weighted by Crippen LogP contribution is -2.43. The van der Waals surface area contributed by atoms with Gasteiger partial charge in [-0.1, -0.05) is 36.7 Å². The van der Waals surface area contributed by atoms with E-state index in [9.17, 15) is 17.6 Å². The quantitative estimate of drug-likeness (QED) is 0.720. The lowest BCUT2D eigenvalue weighted by molar-refractivity contribution is -0.122. The summed E-state index contributed by atoms with van der Waals surface area (Å²) in [6.45, 7) is 3.06. The lowest BCUT2D eigenvalue weighted by Gasteiger charge is -2.23. The summed E-state index contributed by atoms with van der Waals surface area (Å²) >= 11 is 5.83. The van der Waals surface area contributed by atoms with E-state index in [-0.39, 0.29) is 23.0 Å². The molecule has 0 aliphatic carbocycles. The predicted octanol–water partition coefficient (Wildman–Crippen LogP) is 3.58. The topological polar surface area (TPSA) is 66.5 Å². The number of halogens is 2. The van der Waals surface area contributed by atoms with Crippen LogP contribution in [0.3, 0.4) is 0 Å². The summed E-state index contributed by atoms with van der Waals surface area (Å²) in [5.41, 5.74) is 0.186. The molecule has 2 rings (SSSR count). The summed E-state index contributed by atoms with van der Waals surface area (Å²) in [7, 11) is -4.02. The number of amides is 1. The van der Waals surface area contributed by atoms with Gasteiger partial charge in [0, 0.05) is 23.2 Å². The molecule has 5 nitrogen and oxygen atoms in total. The molecule has 0 bridgehead atoms. The normalized spacial score (nSPS) is 12.8. The van der Waals surface area contributed by atoms with Crippen molar-refractivity contribution in [3.63, 3.8) is 0 Å². The van der Waals surface area contributed by atoms with Gasteiger partial charge in [0.05, 0.1) is 11.4 Å². The number of nitrogens with zero attached hydrogens (tertiary/aromatic N) is 1. The third kappa shape index (κ3) is 5.76. The molecular weight excluding hydrogens is 391 g/mol. The summed E-state index contributed by atoms with van der Waals surface area (Å²) in [6.07, 6.45) is 0.711. The molecule has 27 heavy (non-hydrogen) atoms. The fourth-order valence-corrected chi connectivity index (χ4v) is 3.88. The first kappa shape index (κ1) is 21.3. The Kier molecular flexibility index (Phi) is 7.35. The Hall–Kier alpha value is -1.96. The van der Waals surface area contributed by atoms with Crippen LogP contribution in [0.2, 0.25) is 5.02 Å². The molecule has 146 valence electrons. The zero-order valence-corrected chi connectivity index (χ0v) is 16.7. The summed E-state index contributed by atoms with van der Waals surface area (Å²) in [4.78, 5) is 12.3. The molecule has 0 radical (unpaired) electrons. The fourth-order valence-electron chi connectivity index (χ4n) is 2.38. The highest BCUT2D eigenvalue weighted by atomic mass is 35.5. The third-order valence-corrected chi connectivity index (χ3v) is 6.15. The number of carbonyl (C=O) groups is 1. The van der Waals surface area contributed by atoms with Crippen molar-refractivity contribution in [2.45, 2.75) is 37.8 Å². The molecule has 0 aliphatic heterocycles. The van der Waals surface area contributed by atoms with E-state index in [2.05, 4.69) is 5.32 Å². The molecule has 0 heterocycles. The van der Waals surface area contributed by atoms with Crippen LogP contribution in [0, 0.1) is 5.82 Å². The fraction of sp³-hybridized carbons (Fsp3) is 0.316. The highest BCUT2D eigenvalue weighted by molar-refractivity contribution is 7.89. The van der Waals surface area contributed by atoms with E-state index in [1.54, 1.807) is 6.07 Å². The van der Waals surface area contributed by atoms with Crippen molar-refractivity contribution >= 4 is 27.5 Å². The molecule has 0 saturated carbocycles. The molecule has 1 amide bonds. The molecule has 1 atom stereocenters. The molecule has 2 aromatic rings. The maximum absolute atomic E-state index is 14.1. The van der Waals surface area contributed by atoms with Gasteiger partial charge in [-0.2, -0.15) is 4.31 Å². The Labute approximate surface area is 164 Å². The Morgan fingerprint density at radius 3 is 2.41 bits per heavy atom. The van der Waals surface area contributed by atoms with Crippen LogP contribution >= 0.6 is 11.6 Å². The SMILES string of the molecule is CC[C@H](C)NC(=O)CN(Cc1ccccc1F)S(=O)(=O)c1ccc(Cl)cc1. The first-order valence-electron chi connectivity index (χ1n) is 8.52. The highest BCUT2D eigenvalue weighted by Crippen LogP contribution is 2.21. The van der Waals surface area contributed by atoms with Crippen molar-refractivity contribution in [2.75, 3.05) is 6.54 Å². The van der Waals surface area contributed by atoms with Crippen LogP contribution in [0.25, 0.3) is 0 Å². The van der Waals surface area contributed by atoms with E-state index in [1.165, 1.54) is 42.5 Å². The molecule has 0 spiro atoms. The zero-order chi connectivity index (χ0) is 20.0. The van der Waals surface area contributed by atoms with E-state index in [1.807, 2.05) is 13.8 Å². The van der Waals surface area contributed by atoms with E-state index >= 15 is 0 Å². The predicted molar refractivity (Wildman–Crippen MR) is 103 cm³/mol. The number of carbonyl (C=O) groups excluding carboxylic acids is 1. The maximum atomic E-state index is 14.1. The minimum Gasteiger partial charge on any atom is -0.353 e. The van der Waals surface area contributed by atoms with Crippen molar-refractivity contribution in [1.82, 2.24) is 9.62 Å². The van der Waals surface area contributed by atoms with E-state index in [0.29, 0.717) is 11.4 Å². The van der Waals surface area contributed by atoms with Crippen LogP contribution < -0.4 is 5.32 Å². The van der Waals surface area contributed by atoms with Gasteiger partial charge in [-0.05, 0) is 43.7 Å². The number of benzene rings is 2. The van der Waals surface area contributed by atoms with Gasteiger partial charge in [0.2, 0.25) is 15.9 Å². The molecular formula is C19H22ClFN2O3S. The molecule has 0 aliphatic rings. The Bertz CT molecular complexity index is 888. The summed E-state index contributed by atoms with van der Waals surface area (Å²) < 4.78 is 41.1. The van der Waals surface area contributed by atoms with E-state index in [4.69, 9.17) is 11.6 Å². The van der Waals surface area contributed by atoms with Crippen molar-refractivity contribution in [1.29, 1.82) is 0 Å². The second kappa shape index (κ2) is 9.30. The first-order chi connectivity index (χ1) is 12.7. The maximum Gasteiger partial charge on any atom is 0.243 e. The number of hydrogen-bond acceptors (Lipinski definition) is 3. The third-order valence-electron chi connectivity index (χ3n) is 4.10. The van der Waals surface area contributed by atoms with Crippen LogP contribution in [0.5, 0.6) is 0 Å². The molecule has 2 aromatic carbocycles. The van der Waals surface area contributed by atoms with Crippen molar-refractivity contribution in [2.24, 2.45) is 0 Å². The highest BCUT2D eigenvalue weighted by Gasteiger charge is 2.28. The summed E-state index contributed by atoms with van der Waals surface area (Å²) in [5.74, 6) is -0.977. The van der Waals surface area contributed by atoms with E-state index < -0.39 is 28.3 Å². The van der Waals surface area contributed by atoms with Gasteiger partial charge >= 0.3 is 0 Å². The van der Waals surface area contributed by atoms with Crippen LogP contribution in [0.1, 0.15) is 25.8 Å². The second-order valence-corrected chi connectivity index (χ2v) is 8.57. The molecule has 1 N–H and O–H groups in total. The first-order valence-corrected chi connectivity index (χ1v) is 10.3.